The van der Waals surface area contributed by atoms with Gasteiger partial charge in [-0.15, -0.1) is 0 Å². The molecule has 2 aliphatic heterocycles. The number of carbonyl (C=O) groups excluding carboxylic acids is 2. The fraction of sp³-hybridized carbons (Fsp3) is 0.480. The smallest absolute Gasteiger partial charge is 0.324 e. The Kier molecular flexibility index (Phi) is 4.97. The van der Waals surface area contributed by atoms with Crippen LogP contribution in [0.2, 0.25) is 0 Å². The number of hydrogen-bond donors (Lipinski definition) is 2. The summed E-state index contributed by atoms with van der Waals surface area (Å²) in [5.74, 6) is -2.67. The van der Waals surface area contributed by atoms with E-state index in [0.29, 0.717) is 5.75 Å². The number of likely N-dealkylation sites (tertiary alicyclic amines) is 1. The number of nitrogens with one attached hydrogen (secondary N) is 1. The summed E-state index contributed by atoms with van der Waals surface area (Å²) in [6, 6.07) is 10.7. The van der Waals surface area contributed by atoms with Crippen LogP contribution >= 0.6 is 0 Å². The molecule has 0 bridgehead atoms. The topological polar surface area (TPSA) is 95.9 Å². The van der Waals surface area contributed by atoms with E-state index in [9.17, 15) is 19.5 Å². The van der Waals surface area contributed by atoms with Crippen LogP contribution in [0.3, 0.4) is 0 Å². The number of ether oxygens (including phenoxy) is 1. The van der Waals surface area contributed by atoms with Gasteiger partial charge in [-0.3, -0.25) is 24.6 Å². The maximum atomic E-state index is 13.7. The second kappa shape index (κ2) is 7.59. The molecule has 7 heteroatoms. The first-order chi connectivity index (χ1) is 15.4. The average molecular weight is 437 g/mol. The summed E-state index contributed by atoms with van der Waals surface area (Å²) < 4.78 is 5.50. The minimum absolute atomic E-state index is 0.124. The van der Waals surface area contributed by atoms with Gasteiger partial charge in [-0.1, -0.05) is 49.6 Å². The Balaban J connectivity index is 1.64. The van der Waals surface area contributed by atoms with Crippen LogP contribution in [-0.2, 0) is 14.4 Å². The van der Waals surface area contributed by atoms with E-state index in [4.69, 9.17) is 4.74 Å². The van der Waals surface area contributed by atoms with Gasteiger partial charge in [0.25, 0.3) is 0 Å². The van der Waals surface area contributed by atoms with E-state index >= 15 is 0 Å². The molecular formula is C25H28N2O5. The van der Waals surface area contributed by atoms with E-state index in [-0.39, 0.29) is 17.9 Å². The molecule has 2 N–H and O–H groups in total. The number of imide groups is 1. The molecule has 0 spiro atoms. The maximum Gasteiger partial charge on any atom is 0.324 e. The Morgan fingerprint density at radius 3 is 2.41 bits per heavy atom. The number of carboxylic acids is 1. The predicted octanol–water partition coefficient (Wildman–Crippen LogP) is 3.27. The third-order valence-corrected chi connectivity index (χ3v) is 7.68. The number of amides is 2. The van der Waals surface area contributed by atoms with E-state index in [1.807, 2.05) is 36.4 Å². The first-order valence-corrected chi connectivity index (χ1v) is 11.3. The van der Waals surface area contributed by atoms with Gasteiger partial charge in [0.2, 0.25) is 11.8 Å². The number of methoxy groups -OCH3 is 1. The van der Waals surface area contributed by atoms with Crippen LogP contribution in [-0.4, -0.2) is 46.5 Å². The number of aliphatic carboxylic acids is 1. The zero-order valence-corrected chi connectivity index (χ0v) is 18.3. The number of fused-ring (bicyclic) bond motifs is 2. The minimum atomic E-state index is -1.52. The monoisotopic (exact) mass is 436 g/mol. The van der Waals surface area contributed by atoms with Crippen molar-refractivity contribution in [3.63, 3.8) is 0 Å². The molecule has 3 aliphatic rings. The number of nitrogens with zero attached hydrogens (tertiary/aromatic N) is 1. The predicted molar refractivity (Wildman–Crippen MR) is 118 cm³/mol. The average Bonchev–Trinajstić information content (AvgIpc) is 3.27. The van der Waals surface area contributed by atoms with E-state index in [1.54, 1.807) is 7.11 Å². The van der Waals surface area contributed by atoms with Crippen molar-refractivity contribution in [2.24, 2.45) is 11.8 Å². The quantitative estimate of drug-likeness (QED) is 0.715. The van der Waals surface area contributed by atoms with Gasteiger partial charge in [-0.25, -0.2) is 0 Å². The summed E-state index contributed by atoms with van der Waals surface area (Å²) in [6.07, 6.45) is 4.67. The zero-order valence-electron chi connectivity index (χ0n) is 18.3. The Hall–Kier alpha value is -2.93. The first-order valence-electron chi connectivity index (χ1n) is 11.3. The Bertz CT molecular complexity index is 1110. The van der Waals surface area contributed by atoms with E-state index in [2.05, 4.69) is 5.32 Å². The molecule has 2 aromatic rings. The van der Waals surface area contributed by atoms with Gasteiger partial charge < -0.3 is 9.84 Å². The number of rotatable bonds is 4. The van der Waals surface area contributed by atoms with E-state index < -0.39 is 29.4 Å². The molecule has 0 aromatic heterocycles. The van der Waals surface area contributed by atoms with E-state index in [1.165, 1.54) is 11.8 Å². The SMILES string of the molecule is COc1ccc(C2NC(C)(C(=O)O)C3C(=O)N(C4CCCCC4)C(=O)C23)c2ccccc12. The lowest BCUT2D eigenvalue weighted by Gasteiger charge is -2.33. The second-order valence-electron chi connectivity index (χ2n) is 9.37. The Morgan fingerprint density at radius 1 is 1.06 bits per heavy atom. The number of carboxylic acid groups (broad SMARTS) is 1. The van der Waals surface area contributed by atoms with Crippen molar-refractivity contribution in [2.45, 2.75) is 56.7 Å². The summed E-state index contributed by atoms with van der Waals surface area (Å²) in [7, 11) is 1.61. The third kappa shape index (κ3) is 2.87. The van der Waals surface area contributed by atoms with Gasteiger partial charge in [-0.05, 0) is 36.8 Å². The van der Waals surface area contributed by atoms with Crippen molar-refractivity contribution in [3.8, 4) is 5.75 Å². The van der Waals surface area contributed by atoms with Crippen LogP contribution in [0.5, 0.6) is 5.75 Å². The van der Waals surface area contributed by atoms with Crippen molar-refractivity contribution >= 4 is 28.6 Å². The molecule has 1 aliphatic carbocycles. The Morgan fingerprint density at radius 2 is 1.75 bits per heavy atom. The molecule has 1 saturated carbocycles. The standard InChI is InChI=1S/C25H28N2O5/c1-25(24(30)31)20-19(22(28)27(23(20)29)14-8-4-3-5-9-14)21(26-25)17-12-13-18(32-2)16-11-7-6-10-15(16)17/h6-7,10-14,19-21,26H,3-5,8-9H2,1-2H3,(H,30,31). The van der Waals surface area contributed by atoms with Gasteiger partial charge in [0.05, 0.1) is 18.9 Å². The highest BCUT2D eigenvalue weighted by Gasteiger charge is 2.67. The molecule has 2 amide bonds. The van der Waals surface area contributed by atoms with Crippen LogP contribution in [0.1, 0.15) is 50.6 Å². The highest BCUT2D eigenvalue weighted by atomic mass is 16.5. The Labute approximate surface area is 186 Å². The lowest BCUT2D eigenvalue weighted by molar-refractivity contribution is -0.151. The molecule has 0 radical (unpaired) electrons. The lowest BCUT2D eigenvalue weighted by atomic mass is 9.80. The van der Waals surface area contributed by atoms with Gasteiger partial charge in [0, 0.05) is 17.5 Å². The van der Waals surface area contributed by atoms with Crippen molar-refractivity contribution in [3.05, 3.63) is 42.0 Å². The summed E-state index contributed by atoms with van der Waals surface area (Å²) in [5.41, 5.74) is -0.708. The van der Waals surface area contributed by atoms with Gasteiger partial charge in [-0.2, -0.15) is 0 Å². The fourth-order valence-corrected chi connectivity index (χ4v) is 6.07. The molecule has 7 nitrogen and oxygen atoms in total. The number of benzene rings is 2. The molecule has 32 heavy (non-hydrogen) atoms. The zero-order chi connectivity index (χ0) is 22.6. The number of hydrogen-bond acceptors (Lipinski definition) is 5. The van der Waals surface area contributed by atoms with Gasteiger partial charge in [0.15, 0.2) is 0 Å². The van der Waals surface area contributed by atoms with Crippen LogP contribution in [0.25, 0.3) is 10.8 Å². The molecular weight excluding hydrogens is 408 g/mol. The molecule has 2 saturated heterocycles. The lowest BCUT2D eigenvalue weighted by Crippen LogP contribution is -2.54. The normalized spacial score (nSPS) is 30.7. The summed E-state index contributed by atoms with van der Waals surface area (Å²) in [6.45, 7) is 1.54. The number of carbonyl (C=O) groups is 3. The molecule has 2 aromatic carbocycles. The van der Waals surface area contributed by atoms with Crippen molar-refractivity contribution < 1.29 is 24.2 Å². The van der Waals surface area contributed by atoms with Crippen molar-refractivity contribution in [1.82, 2.24) is 10.2 Å². The van der Waals surface area contributed by atoms with Gasteiger partial charge in [0.1, 0.15) is 11.3 Å². The molecule has 5 rings (SSSR count). The third-order valence-electron chi connectivity index (χ3n) is 7.68. The highest BCUT2D eigenvalue weighted by molar-refractivity contribution is 6.10. The fourth-order valence-electron chi connectivity index (χ4n) is 6.07. The summed E-state index contributed by atoms with van der Waals surface area (Å²) in [4.78, 5) is 41.0. The van der Waals surface area contributed by atoms with E-state index in [0.717, 1.165) is 48.4 Å². The minimum Gasteiger partial charge on any atom is -0.496 e. The first kappa shape index (κ1) is 20.9. The van der Waals surface area contributed by atoms with Crippen LogP contribution in [0.15, 0.2) is 36.4 Å². The molecule has 3 fully saturated rings. The molecule has 168 valence electrons. The summed E-state index contributed by atoms with van der Waals surface area (Å²) in [5, 5.41) is 15.1. The summed E-state index contributed by atoms with van der Waals surface area (Å²) >= 11 is 0. The van der Waals surface area contributed by atoms with Crippen LogP contribution in [0, 0.1) is 11.8 Å². The largest absolute Gasteiger partial charge is 0.496 e. The van der Waals surface area contributed by atoms with Gasteiger partial charge >= 0.3 is 5.97 Å². The molecule has 4 unspecified atom stereocenters. The second-order valence-corrected chi connectivity index (χ2v) is 9.37. The van der Waals surface area contributed by atoms with Crippen molar-refractivity contribution in [2.75, 3.05) is 7.11 Å². The van der Waals surface area contributed by atoms with Crippen LogP contribution < -0.4 is 10.1 Å². The molecule has 4 atom stereocenters. The van der Waals surface area contributed by atoms with Crippen molar-refractivity contribution in [1.29, 1.82) is 0 Å². The molecule has 2 heterocycles. The highest BCUT2D eigenvalue weighted by Crippen LogP contribution is 2.51. The van der Waals surface area contributed by atoms with Crippen LogP contribution in [0.4, 0.5) is 0 Å². The maximum absolute atomic E-state index is 13.7.